The van der Waals surface area contributed by atoms with Crippen LogP contribution in [0.4, 0.5) is 0 Å². The molecule has 1 N–H and O–H groups in total. The van der Waals surface area contributed by atoms with E-state index in [9.17, 15) is 14.9 Å². The summed E-state index contributed by atoms with van der Waals surface area (Å²) < 4.78 is 5.09. The highest BCUT2D eigenvalue weighted by Crippen LogP contribution is 2.29. The molecule has 1 aliphatic carbocycles. The van der Waals surface area contributed by atoms with Gasteiger partial charge in [0, 0.05) is 18.1 Å². The minimum Gasteiger partial charge on any atom is -0.465 e. The number of esters is 1. The van der Waals surface area contributed by atoms with Gasteiger partial charge in [-0.2, -0.15) is 17.0 Å². The van der Waals surface area contributed by atoms with E-state index in [0.717, 1.165) is 18.6 Å². The maximum atomic E-state index is 12.3. The maximum Gasteiger partial charge on any atom is 0.324 e. The molecule has 1 atom stereocenters. The summed E-state index contributed by atoms with van der Waals surface area (Å²) in [5.41, 5.74) is -0.707. The zero-order valence-electron chi connectivity index (χ0n) is 13.0. The van der Waals surface area contributed by atoms with Gasteiger partial charge >= 0.3 is 5.97 Å². The zero-order valence-corrected chi connectivity index (χ0v) is 13.8. The lowest BCUT2D eigenvalue weighted by atomic mass is 10.00. The fourth-order valence-electron chi connectivity index (χ4n) is 3.02. The van der Waals surface area contributed by atoms with Gasteiger partial charge in [0.25, 0.3) is 0 Å². The number of nitriles is 1. The van der Waals surface area contributed by atoms with Crippen LogP contribution in [0.25, 0.3) is 0 Å². The van der Waals surface area contributed by atoms with Crippen molar-refractivity contribution in [2.45, 2.75) is 44.2 Å². The molecule has 22 heavy (non-hydrogen) atoms. The van der Waals surface area contributed by atoms with Crippen LogP contribution in [0.2, 0.25) is 0 Å². The fraction of sp³-hybridized carbons (Fsp3) is 0.800. The Labute approximate surface area is 135 Å². The van der Waals surface area contributed by atoms with Gasteiger partial charge in [0.05, 0.1) is 19.2 Å². The molecule has 6 nitrogen and oxygen atoms in total. The lowest BCUT2D eigenvalue weighted by Crippen LogP contribution is -2.54. The first-order valence-corrected chi connectivity index (χ1v) is 8.96. The Kier molecular flexibility index (Phi) is 6.09. The molecule has 1 unspecified atom stereocenters. The number of hydrogen-bond donors (Lipinski definition) is 1. The SMILES string of the molecule is CCOC(=O)C1CSCCN1CC(=O)NC1(C#N)CCCC1. The Hall–Kier alpha value is -1.26. The van der Waals surface area contributed by atoms with E-state index in [1.807, 2.05) is 4.90 Å². The summed E-state index contributed by atoms with van der Waals surface area (Å²) >= 11 is 1.70. The van der Waals surface area contributed by atoms with E-state index in [0.29, 0.717) is 31.7 Å². The highest BCUT2D eigenvalue weighted by molar-refractivity contribution is 7.99. The molecule has 7 heteroatoms. The summed E-state index contributed by atoms with van der Waals surface area (Å²) in [5.74, 6) is 1.10. The number of ether oxygens (including phenoxy) is 1. The molecule has 0 spiro atoms. The average Bonchev–Trinajstić information content (AvgIpc) is 2.97. The van der Waals surface area contributed by atoms with Crippen LogP contribution in [-0.2, 0) is 14.3 Å². The largest absolute Gasteiger partial charge is 0.465 e. The Morgan fingerprint density at radius 3 is 2.82 bits per heavy atom. The summed E-state index contributed by atoms with van der Waals surface area (Å²) in [5, 5.41) is 12.2. The van der Waals surface area contributed by atoms with E-state index in [4.69, 9.17) is 4.74 Å². The molecule has 122 valence electrons. The van der Waals surface area contributed by atoms with Gasteiger partial charge < -0.3 is 10.1 Å². The summed E-state index contributed by atoms with van der Waals surface area (Å²) in [6.07, 6.45) is 3.37. The summed E-state index contributed by atoms with van der Waals surface area (Å²) in [6.45, 7) is 2.95. The molecule has 0 aromatic carbocycles. The predicted octanol–water partition coefficient (Wildman–Crippen LogP) is 0.919. The van der Waals surface area contributed by atoms with Crippen LogP contribution in [0.1, 0.15) is 32.6 Å². The molecule has 1 aliphatic heterocycles. The highest BCUT2D eigenvalue weighted by atomic mass is 32.2. The third-order valence-electron chi connectivity index (χ3n) is 4.19. The van der Waals surface area contributed by atoms with Gasteiger partial charge in [-0.3, -0.25) is 14.5 Å². The van der Waals surface area contributed by atoms with Crippen molar-refractivity contribution in [2.75, 3.05) is 31.2 Å². The first-order valence-electron chi connectivity index (χ1n) is 7.81. The lowest BCUT2D eigenvalue weighted by molar-refractivity contribution is -0.149. The molecule has 2 aliphatic rings. The second kappa shape index (κ2) is 7.84. The molecule has 2 fully saturated rings. The number of rotatable bonds is 5. The van der Waals surface area contributed by atoms with E-state index < -0.39 is 5.54 Å². The van der Waals surface area contributed by atoms with Crippen molar-refractivity contribution >= 4 is 23.6 Å². The van der Waals surface area contributed by atoms with Crippen molar-refractivity contribution < 1.29 is 14.3 Å². The number of amides is 1. The van der Waals surface area contributed by atoms with Crippen LogP contribution < -0.4 is 5.32 Å². The normalized spacial score (nSPS) is 24.5. The second-order valence-corrected chi connectivity index (χ2v) is 6.91. The Balaban J connectivity index is 1.93. The van der Waals surface area contributed by atoms with Crippen LogP contribution >= 0.6 is 11.8 Å². The molecule has 0 bridgehead atoms. The molecule has 2 rings (SSSR count). The monoisotopic (exact) mass is 325 g/mol. The molecule has 1 heterocycles. The summed E-state index contributed by atoms with van der Waals surface area (Å²) in [6, 6.07) is 1.88. The number of thioether (sulfide) groups is 1. The Morgan fingerprint density at radius 2 is 2.18 bits per heavy atom. The topological polar surface area (TPSA) is 82.4 Å². The van der Waals surface area contributed by atoms with Crippen molar-refractivity contribution in [3.8, 4) is 6.07 Å². The van der Waals surface area contributed by atoms with E-state index in [1.54, 1.807) is 18.7 Å². The number of nitrogens with one attached hydrogen (secondary N) is 1. The van der Waals surface area contributed by atoms with E-state index >= 15 is 0 Å². The molecule has 0 aromatic rings. The quantitative estimate of drug-likeness (QED) is 0.757. The first-order chi connectivity index (χ1) is 10.6. The van der Waals surface area contributed by atoms with Crippen molar-refractivity contribution in [2.24, 2.45) is 0 Å². The van der Waals surface area contributed by atoms with Crippen LogP contribution in [0.5, 0.6) is 0 Å². The molecule has 0 radical (unpaired) electrons. The van der Waals surface area contributed by atoms with Crippen molar-refractivity contribution in [1.82, 2.24) is 10.2 Å². The Morgan fingerprint density at radius 1 is 1.45 bits per heavy atom. The lowest BCUT2D eigenvalue weighted by Gasteiger charge is -2.33. The third kappa shape index (κ3) is 4.14. The molecule has 1 saturated heterocycles. The van der Waals surface area contributed by atoms with Crippen LogP contribution in [-0.4, -0.2) is 59.6 Å². The van der Waals surface area contributed by atoms with Crippen molar-refractivity contribution in [1.29, 1.82) is 5.26 Å². The molecular weight excluding hydrogens is 302 g/mol. The molecule has 1 amide bonds. The first kappa shape index (κ1) is 17.1. The predicted molar refractivity (Wildman–Crippen MR) is 84.3 cm³/mol. The van der Waals surface area contributed by atoms with Gasteiger partial charge in [0.1, 0.15) is 11.6 Å². The molecule has 1 saturated carbocycles. The standard InChI is InChI=1S/C15H23N3O3S/c1-2-21-14(20)12-10-22-8-7-18(12)9-13(19)17-15(11-16)5-3-4-6-15/h12H,2-10H2,1H3,(H,17,19). The Bertz CT molecular complexity index is 457. The number of hydrogen-bond acceptors (Lipinski definition) is 6. The van der Waals surface area contributed by atoms with Gasteiger partial charge in [0.2, 0.25) is 5.91 Å². The third-order valence-corrected chi connectivity index (χ3v) is 5.22. The van der Waals surface area contributed by atoms with E-state index in [1.165, 1.54) is 0 Å². The van der Waals surface area contributed by atoms with Gasteiger partial charge in [0.15, 0.2) is 0 Å². The van der Waals surface area contributed by atoms with Gasteiger partial charge in [-0.05, 0) is 32.6 Å². The van der Waals surface area contributed by atoms with Gasteiger partial charge in [-0.1, -0.05) is 0 Å². The van der Waals surface area contributed by atoms with Crippen molar-refractivity contribution in [3.05, 3.63) is 0 Å². The number of carbonyl (C=O) groups excluding carboxylic acids is 2. The van der Waals surface area contributed by atoms with Crippen LogP contribution in [0.3, 0.4) is 0 Å². The van der Waals surface area contributed by atoms with Gasteiger partial charge in [-0.25, -0.2) is 0 Å². The smallest absolute Gasteiger partial charge is 0.324 e. The maximum absolute atomic E-state index is 12.3. The number of carbonyl (C=O) groups is 2. The van der Waals surface area contributed by atoms with Gasteiger partial charge in [-0.15, -0.1) is 0 Å². The van der Waals surface area contributed by atoms with Crippen LogP contribution in [0, 0.1) is 11.3 Å². The molecule has 0 aromatic heterocycles. The number of nitrogens with zero attached hydrogens (tertiary/aromatic N) is 2. The minimum absolute atomic E-state index is 0.146. The second-order valence-electron chi connectivity index (χ2n) is 5.76. The zero-order chi connectivity index (χ0) is 16.0. The van der Waals surface area contributed by atoms with Crippen LogP contribution in [0.15, 0.2) is 0 Å². The summed E-state index contributed by atoms with van der Waals surface area (Å²) in [7, 11) is 0. The minimum atomic E-state index is -0.707. The fourth-order valence-corrected chi connectivity index (χ4v) is 4.12. The van der Waals surface area contributed by atoms with Crippen molar-refractivity contribution in [3.63, 3.8) is 0 Å². The van der Waals surface area contributed by atoms with E-state index in [-0.39, 0.29) is 24.5 Å². The summed E-state index contributed by atoms with van der Waals surface area (Å²) in [4.78, 5) is 26.2. The molecular formula is C15H23N3O3S. The average molecular weight is 325 g/mol. The highest BCUT2D eigenvalue weighted by Gasteiger charge is 2.37. The van der Waals surface area contributed by atoms with E-state index in [2.05, 4.69) is 11.4 Å².